The standard InChI is InChI=1S/C27H31N3O3/c1-6-33-19-10-8-18(9-11-19)24-23(26(32)30-22-12-7-16(2)15-28-22)17(3)29-20-13-27(4,5)14-21(31)25(20)24/h7-12,15,24,29H,6,13-14H2,1-5H3,(H,28,30,32)/t24-/m1/s1. The fraction of sp³-hybridized carbons (Fsp3) is 0.370. The lowest BCUT2D eigenvalue weighted by molar-refractivity contribution is -0.118. The Morgan fingerprint density at radius 1 is 1.15 bits per heavy atom. The van der Waals surface area contributed by atoms with E-state index in [0.717, 1.165) is 34.7 Å². The van der Waals surface area contributed by atoms with E-state index in [1.165, 1.54) is 0 Å². The molecule has 1 aliphatic carbocycles. The van der Waals surface area contributed by atoms with Gasteiger partial charge in [-0.25, -0.2) is 4.98 Å². The number of nitrogens with zero attached hydrogens (tertiary/aromatic N) is 1. The summed E-state index contributed by atoms with van der Waals surface area (Å²) in [6.07, 6.45) is 2.93. The lowest BCUT2D eigenvalue weighted by atomic mass is 9.68. The summed E-state index contributed by atoms with van der Waals surface area (Å²) in [6, 6.07) is 11.4. The zero-order chi connectivity index (χ0) is 23.8. The highest BCUT2D eigenvalue weighted by Gasteiger charge is 2.42. The number of Topliss-reactive ketones (excluding diaryl/α,β-unsaturated/α-hetero) is 1. The third kappa shape index (κ3) is 4.70. The monoisotopic (exact) mass is 445 g/mol. The molecule has 0 unspecified atom stereocenters. The van der Waals surface area contributed by atoms with Gasteiger partial charge in [-0.3, -0.25) is 9.59 Å². The van der Waals surface area contributed by atoms with Gasteiger partial charge in [-0.1, -0.05) is 32.0 Å². The summed E-state index contributed by atoms with van der Waals surface area (Å²) in [5, 5.41) is 6.31. The second-order valence-corrected chi connectivity index (χ2v) is 9.61. The number of allylic oxidation sites excluding steroid dienone is 3. The van der Waals surface area contributed by atoms with E-state index in [-0.39, 0.29) is 17.1 Å². The van der Waals surface area contributed by atoms with Crippen LogP contribution in [-0.4, -0.2) is 23.3 Å². The molecule has 6 nitrogen and oxygen atoms in total. The molecular formula is C27H31N3O3. The number of carbonyl (C=O) groups excluding carboxylic acids is 2. The summed E-state index contributed by atoms with van der Waals surface area (Å²) in [5.74, 6) is 0.604. The first-order valence-electron chi connectivity index (χ1n) is 11.4. The Labute approximate surface area is 195 Å². The van der Waals surface area contributed by atoms with Crippen molar-refractivity contribution in [3.8, 4) is 5.75 Å². The number of anilines is 1. The van der Waals surface area contributed by atoms with E-state index < -0.39 is 5.92 Å². The maximum Gasteiger partial charge on any atom is 0.255 e. The van der Waals surface area contributed by atoms with Crippen molar-refractivity contribution in [3.05, 3.63) is 76.3 Å². The Balaban J connectivity index is 1.77. The molecule has 1 aromatic heterocycles. The van der Waals surface area contributed by atoms with Crippen molar-refractivity contribution in [2.75, 3.05) is 11.9 Å². The van der Waals surface area contributed by atoms with Crippen molar-refractivity contribution < 1.29 is 14.3 Å². The number of nitrogens with one attached hydrogen (secondary N) is 2. The van der Waals surface area contributed by atoms with Crippen LogP contribution in [0.25, 0.3) is 0 Å². The van der Waals surface area contributed by atoms with E-state index in [0.29, 0.717) is 30.0 Å². The van der Waals surface area contributed by atoms with Crippen LogP contribution in [0, 0.1) is 12.3 Å². The highest BCUT2D eigenvalue weighted by atomic mass is 16.5. The molecule has 1 atom stereocenters. The summed E-state index contributed by atoms with van der Waals surface area (Å²) in [6.45, 7) is 10.6. The molecule has 1 aliphatic heterocycles. The molecule has 0 fully saturated rings. The minimum Gasteiger partial charge on any atom is -0.494 e. The molecule has 6 heteroatoms. The molecule has 2 aliphatic rings. The molecule has 33 heavy (non-hydrogen) atoms. The van der Waals surface area contributed by atoms with E-state index in [9.17, 15) is 9.59 Å². The van der Waals surface area contributed by atoms with Crippen molar-refractivity contribution in [1.29, 1.82) is 0 Å². The molecule has 0 spiro atoms. The van der Waals surface area contributed by atoms with Gasteiger partial charge in [0.05, 0.1) is 6.61 Å². The van der Waals surface area contributed by atoms with Crippen LogP contribution < -0.4 is 15.4 Å². The van der Waals surface area contributed by atoms with Gasteiger partial charge >= 0.3 is 0 Å². The number of hydrogen-bond donors (Lipinski definition) is 2. The first kappa shape index (κ1) is 22.8. The van der Waals surface area contributed by atoms with Crippen LogP contribution in [0.1, 0.15) is 57.6 Å². The van der Waals surface area contributed by atoms with Crippen molar-refractivity contribution in [2.24, 2.45) is 5.41 Å². The maximum absolute atomic E-state index is 13.5. The minimum absolute atomic E-state index is 0.0823. The first-order valence-corrected chi connectivity index (χ1v) is 11.4. The fourth-order valence-corrected chi connectivity index (χ4v) is 4.72. The van der Waals surface area contributed by atoms with Crippen LogP contribution in [0.5, 0.6) is 5.75 Å². The van der Waals surface area contributed by atoms with E-state index in [1.807, 2.05) is 51.1 Å². The van der Waals surface area contributed by atoms with Gasteiger partial charge in [0.2, 0.25) is 0 Å². The molecule has 2 aromatic rings. The number of dihydropyridines is 1. The molecule has 172 valence electrons. The number of carbonyl (C=O) groups is 2. The van der Waals surface area contributed by atoms with E-state index in [2.05, 4.69) is 29.5 Å². The number of pyridine rings is 1. The number of aromatic nitrogens is 1. The topological polar surface area (TPSA) is 80.3 Å². The second-order valence-electron chi connectivity index (χ2n) is 9.61. The Kier molecular flexibility index (Phi) is 6.11. The third-order valence-electron chi connectivity index (χ3n) is 6.16. The highest BCUT2D eigenvalue weighted by Crippen LogP contribution is 2.46. The van der Waals surface area contributed by atoms with Gasteiger partial charge in [0.1, 0.15) is 11.6 Å². The molecule has 0 bridgehead atoms. The number of hydrogen-bond acceptors (Lipinski definition) is 5. The van der Waals surface area contributed by atoms with Gasteiger partial charge in [-0.05, 0) is 61.9 Å². The largest absolute Gasteiger partial charge is 0.494 e. The van der Waals surface area contributed by atoms with Crippen molar-refractivity contribution >= 4 is 17.5 Å². The number of aryl methyl sites for hydroxylation is 1. The Morgan fingerprint density at radius 2 is 1.88 bits per heavy atom. The quantitative estimate of drug-likeness (QED) is 0.675. The zero-order valence-electron chi connectivity index (χ0n) is 19.9. The Morgan fingerprint density at radius 3 is 2.52 bits per heavy atom. The molecule has 2 N–H and O–H groups in total. The van der Waals surface area contributed by atoms with Crippen molar-refractivity contribution in [3.63, 3.8) is 0 Å². The summed E-state index contributed by atoms with van der Waals surface area (Å²) in [7, 11) is 0. The van der Waals surface area contributed by atoms with Crippen LogP contribution in [0.2, 0.25) is 0 Å². The van der Waals surface area contributed by atoms with Gasteiger partial charge in [0, 0.05) is 41.1 Å². The highest BCUT2D eigenvalue weighted by molar-refractivity contribution is 6.09. The van der Waals surface area contributed by atoms with Crippen LogP contribution in [0.3, 0.4) is 0 Å². The van der Waals surface area contributed by atoms with E-state index in [4.69, 9.17) is 4.74 Å². The third-order valence-corrected chi connectivity index (χ3v) is 6.16. The van der Waals surface area contributed by atoms with Crippen molar-refractivity contribution in [2.45, 2.75) is 53.4 Å². The summed E-state index contributed by atoms with van der Waals surface area (Å²) in [4.78, 5) is 31.2. The SMILES string of the molecule is CCOc1ccc([C@@H]2C(C(=O)Nc3ccc(C)cn3)=C(C)NC3=C2C(=O)CC(C)(C)C3)cc1. The average molecular weight is 446 g/mol. The number of amides is 1. The molecule has 4 rings (SSSR count). The number of rotatable bonds is 5. The van der Waals surface area contributed by atoms with Gasteiger partial charge < -0.3 is 15.4 Å². The van der Waals surface area contributed by atoms with Crippen molar-refractivity contribution in [1.82, 2.24) is 10.3 Å². The number of benzene rings is 1. The molecule has 1 aromatic carbocycles. The molecular weight excluding hydrogens is 414 g/mol. The van der Waals surface area contributed by atoms with Crippen LogP contribution in [0.15, 0.2) is 65.1 Å². The van der Waals surface area contributed by atoms with Gasteiger partial charge in [0.25, 0.3) is 5.91 Å². The fourth-order valence-electron chi connectivity index (χ4n) is 4.72. The summed E-state index contributed by atoms with van der Waals surface area (Å²) in [5.41, 5.74) is 4.67. The Bertz CT molecular complexity index is 1140. The first-order chi connectivity index (χ1) is 15.7. The molecule has 0 saturated heterocycles. The molecule has 1 amide bonds. The Hall–Kier alpha value is -3.41. The van der Waals surface area contributed by atoms with Crippen LogP contribution in [-0.2, 0) is 9.59 Å². The average Bonchev–Trinajstić information content (AvgIpc) is 2.74. The minimum atomic E-state index is -0.453. The van der Waals surface area contributed by atoms with Crippen LogP contribution in [0.4, 0.5) is 5.82 Å². The lowest BCUT2D eigenvalue weighted by Gasteiger charge is -2.39. The number of ketones is 1. The molecule has 0 saturated carbocycles. The van der Waals surface area contributed by atoms with Crippen LogP contribution >= 0.6 is 0 Å². The molecule has 0 radical (unpaired) electrons. The van der Waals surface area contributed by atoms with Gasteiger partial charge in [0.15, 0.2) is 5.78 Å². The van der Waals surface area contributed by atoms with E-state index in [1.54, 1.807) is 12.3 Å². The predicted molar refractivity (Wildman–Crippen MR) is 129 cm³/mol. The zero-order valence-corrected chi connectivity index (χ0v) is 19.9. The summed E-state index contributed by atoms with van der Waals surface area (Å²) < 4.78 is 5.60. The molecule has 2 heterocycles. The van der Waals surface area contributed by atoms with Gasteiger partial charge in [-0.15, -0.1) is 0 Å². The second kappa shape index (κ2) is 8.85. The summed E-state index contributed by atoms with van der Waals surface area (Å²) >= 11 is 0. The number of ether oxygens (including phenoxy) is 1. The van der Waals surface area contributed by atoms with E-state index >= 15 is 0 Å². The van der Waals surface area contributed by atoms with Gasteiger partial charge in [-0.2, -0.15) is 0 Å². The predicted octanol–water partition coefficient (Wildman–Crippen LogP) is 5.03. The smallest absolute Gasteiger partial charge is 0.255 e. The normalized spacial score (nSPS) is 19.7. The lowest BCUT2D eigenvalue weighted by Crippen LogP contribution is -2.39. The maximum atomic E-state index is 13.5.